The first-order chi connectivity index (χ1) is 22.3. The minimum Gasteiger partial charge on any atom is -0.491 e. The number of Topliss-reactive ketones (excluding diaryl/α,β-unsaturated/α-hetero) is 1. The maximum absolute atomic E-state index is 15.9. The highest BCUT2D eigenvalue weighted by Gasteiger charge is 2.75. The van der Waals surface area contributed by atoms with Crippen molar-refractivity contribution in [2.24, 2.45) is 28.6 Å². The normalized spacial score (nSPS) is 38.5. The predicted molar refractivity (Wildman–Crippen MR) is 166 cm³/mol. The molecule has 8 rings (SSSR count). The van der Waals surface area contributed by atoms with Crippen molar-refractivity contribution in [1.82, 2.24) is 0 Å². The van der Waals surface area contributed by atoms with Crippen LogP contribution in [-0.2, 0) is 31.4 Å². The number of carbonyl (C=O) groups excluding carboxylic acids is 2. The lowest BCUT2D eigenvalue weighted by Gasteiger charge is -2.59. The monoisotopic (exact) mass is 647 g/mol. The highest BCUT2D eigenvalue weighted by atomic mass is 19.3. The lowest BCUT2D eigenvalue weighted by Crippen LogP contribution is -2.63. The van der Waals surface area contributed by atoms with Crippen LogP contribution in [0.4, 0.5) is 14.5 Å². The lowest BCUT2D eigenvalue weighted by molar-refractivity contribution is -0.201. The number of fused-ring (bicyclic) bond motifs is 8. The molecule has 0 unspecified atom stereocenters. The molecular weight excluding hydrogens is 608 g/mol. The molecule has 2 aromatic rings. The smallest absolute Gasteiger partial charge is 0.298 e. The van der Waals surface area contributed by atoms with E-state index in [4.69, 9.17) is 19.9 Å². The molecule has 0 amide bonds. The molecule has 6 aliphatic rings. The molecular formula is C37H39F2NO7. The summed E-state index contributed by atoms with van der Waals surface area (Å²) in [4.78, 5) is 26.0. The Labute approximate surface area is 271 Å². The zero-order valence-corrected chi connectivity index (χ0v) is 26.4. The van der Waals surface area contributed by atoms with Gasteiger partial charge in [0.25, 0.3) is 5.92 Å². The molecule has 0 radical (unpaired) electrons. The predicted octanol–water partition coefficient (Wildman–Crippen LogP) is 4.95. The van der Waals surface area contributed by atoms with Gasteiger partial charge >= 0.3 is 0 Å². The van der Waals surface area contributed by atoms with Gasteiger partial charge in [-0.2, -0.15) is 8.78 Å². The summed E-state index contributed by atoms with van der Waals surface area (Å²) in [7, 11) is 0. The molecule has 248 valence electrons. The Bertz CT molecular complexity index is 1740. The number of ketones is 2. The molecule has 2 aromatic carbocycles. The number of hydrogen-bond acceptors (Lipinski definition) is 8. The van der Waals surface area contributed by atoms with Crippen LogP contribution in [0.25, 0.3) is 0 Å². The number of ether oxygens (including phenoxy) is 3. The van der Waals surface area contributed by atoms with Gasteiger partial charge in [0, 0.05) is 45.4 Å². The number of anilines is 1. The van der Waals surface area contributed by atoms with E-state index in [0.717, 1.165) is 12.0 Å². The van der Waals surface area contributed by atoms with E-state index in [1.165, 1.54) is 36.4 Å². The quantitative estimate of drug-likeness (QED) is 0.390. The van der Waals surface area contributed by atoms with Gasteiger partial charge in [-0.05, 0) is 55.7 Å². The molecule has 47 heavy (non-hydrogen) atoms. The van der Waals surface area contributed by atoms with E-state index in [1.807, 2.05) is 13.0 Å². The minimum absolute atomic E-state index is 0.0325. The number of halogens is 2. The molecule has 2 heterocycles. The second kappa shape index (κ2) is 10.3. The number of benzene rings is 2. The van der Waals surface area contributed by atoms with E-state index in [9.17, 15) is 19.8 Å². The first-order valence-electron chi connectivity index (χ1n) is 16.5. The summed E-state index contributed by atoms with van der Waals surface area (Å²) < 4.78 is 50.3. The molecule has 1 saturated heterocycles. The van der Waals surface area contributed by atoms with Crippen molar-refractivity contribution in [3.8, 4) is 5.75 Å². The van der Waals surface area contributed by atoms with Gasteiger partial charge in [0.2, 0.25) is 0 Å². The van der Waals surface area contributed by atoms with Gasteiger partial charge in [-0.1, -0.05) is 55.8 Å². The summed E-state index contributed by atoms with van der Waals surface area (Å²) in [5.74, 6) is -3.71. The Morgan fingerprint density at radius 2 is 1.89 bits per heavy atom. The standard InChI is InChI=1S/C37H39F2NO7/c1-34-13-11-22(42)15-21(34)7-8-23-26-16-30-36(29(44)18-41,35(26,2)17-28(43)31(23)34)47-33(46-30)19-3-5-20(6-4-19)37(38,39)25-9-10-27(40)32-24(25)12-14-45-32/h3-6,9-11,13,15,23,26,28,30-31,33,41,43H,7-8,12,14,16-18,40H2,1-2H3/t23-,26-,28-,30+,31+,33+,34-,35-,36+/m0/s1. The van der Waals surface area contributed by atoms with Crippen LogP contribution >= 0.6 is 0 Å². The summed E-state index contributed by atoms with van der Waals surface area (Å²) in [5, 5.41) is 22.1. The van der Waals surface area contributed by atoms with Crippen molar-refractivity contribution in [2.45, 2.75) is 76.0 Å². The van der Waals surface area contributed by atoms with Crippen LogP contribution in [0.2, 0.25) is 0 Å². The number of nitrogens with two attached hydrogens (primary N) is 1. The molecule has 3 saturated carbocycles. The topological polar surface area (TPSA) is 128 Å². The molecule has 4 aliphatic carbocycles. The van der Waals surface area contributed by atoms with Crippen molar-refractivity contribution >= 4 is 17.3 Å². The Morgan fingerprint density at radius 1 is 1.13 bits per heavy atom. The Kier molecular flexibility index (Phi) is 6.75. The van der Waals surface area contributed by atoms with Crippen molar-refractivity contribution in [3.05, 3.63) is 82.5 Å². The van der Waals surface area contributed by atoms with E-state index in [2.05, 4.69) is 6.92 Å². The number of hydrogen-bond donors (Lipinski definition) is 3. The molecule has 8 nitrogen and oxygen atoms in total. The maximum Gasteiger partial charge on any atom is 0.298 e. The van der Waals surface area contributed by atoms with Crippen molar-refractivity contribution in [1.29, 1.82) is 0 Å². The van der Waals surface area contributed by atoms with Gasteiger partial charge in [0.15, 0.2) is 23.5 Å². The number of nitrogen functional groups attached to an aromatic ring is 1. The largest absolute Gasteiger partial charge is 0.491 e. The molecule has 9 atom stereocenters. The third-order valence-electron chi connectivity index (χ3n) is 12.6. The van der Waals surface area contributed by atoms with Gasteiger partial charge in [-0.15, -0.1) is 0 Å². The van der Waals surface area contributed by atoms with E-state index in [-0.39, 0.29) is 41.1 Å². The van der Waals surface area contributed by atoms with Crippen molar-refractivity contribution < 1.29 is 42.8 Å². The number of aliphatic hydroxyl groups excluding tert-OH is 2. The summed E-state index contributed by atoms with van der Waals surface area (Å²) in [6.07, 6.45) is 5.27. The molecule has 0 spiro atoms. The SMILES string of the molecule is C[C@]12C=CC(=O)C=C1CC[C@@H]1[C@@H]2[C@@H](O)C[C@@]2(C)[C@H]1C[C@H]1O[C@@H](c3ccc(C(F)(F)c4ccc(N)c5c4CCO5)cc3)O[C@]12C(=O)CO. The van der Waals surface area contributed by atoms with Crippen LogP contribution in [0.1, 0.15) is 68.1 Å². The number of carbonyl (C=O) groups is 2. The van der Waals surface area contributed by atoms with Crippen LogP contribution in [-0.4, -0.2) is 52.8 Å². The average molecular weight is 648 g/mol. The number of allylic oxidation sites excluding steroid dienone is 4. The highest BCUT2D eigenvalue weighted by Crippen LogP contribution is 2.70. The first-order valence-corrected chi connectivity index (χ1v) is 16.5. The summed E-state index contributed by atoms with van der Waals surface area (Å²) in [6.45, 7) is 3.59. The van der Waals surface area contributed by atoms with Crippen LogP contribution < -0.4 is 10.5 Å². The van der Waals surface area contributed by atoms with Crippen LogP contribution in [0.3, 0.4) is 0 Å². The fourth-order valence-electron chi connectivity index (χ4n) is 10.5. The molecule has 10 heteroatoms. The van der Waals surface area contributed by atoms with Gasteiger partial charge in [-0.25, -0.2) is 0 Å². The second-order valence-corrected chi connectivity index (χ2v) is 14.6. The average Bonchev–Trinajstić information content (AvgIpc) is 3.75. The van der Waals surface area contributed by atoms with Crippen LogP contribution in [0.15, 0.2) is 60.2 Å². The van der Waals surface area contributed by atoms with E-state index in [1.54, 1.807) is 12.2 Å². The second-order valence-electron chi connectivity index (χ2n) is 14.6. The fourth-order valence-corrected chi connectivity index (χ4v) is 10.5. The van der Waals surface area contributed by atoms with Gasteiger partial charge in [0.05, 0.1) is 24.5 Å². The molecule has 0 aromatic heterocycles. The number of alkyl halides is 2. The van der Waals surface area contributed by atoms with E-state index in [0.29, 0.717) is 48.4 Å². The van der Waals surface area contributed by atoms with Crippen molar-refractivity contribution in [2.75, 3.05) is 18.9 Å². The summed E-state index contributed by atoms with van der Waals surface area (Å²) in [6, 6.07) is 8.51. The van der Waals surface area contributed by atoms with E-state index >= 15 is 8.78 Å². The number of rotatable bonds is 5. The van der Waals surface area contributed by atoms with Crippen LogP contribution in [0.5, 0.6) is 5.75 Å². The highest BCUT2D eigenvalue weighted by molar-refractivity contribution is 6.01. The molecule has 4 N–H and O–H groups in total. The fraction of sp³-hybridized carbons (Fsp3) is 0.514. The Morgan fingerprint density at radius 3 is 2.64 bits per heavy atom. The van der Waals surface area contributed by atoms with Crippen LogP contribution in [0, 0.1) is 28.6 Å². The Balaban J connectivity index is 1.09. The van der Waals surface area contributed by atoms with E-state index < -0.39 is 53.2 Å². The number of aliphatic hydroxyl groups is 2. The molecule has 2 aliphatic heterocycles. The third kappa shape index (κ3) is 4.05. The summed E-state index contributed by atoms with van der Waals surface area (Å²) >= 11 is 0. The van der Waals surface area contributed by atoms with Gasteiger partial charge < -0.3 is 30.2 Å². The minimum atomic E-state index is -3.31. The Hall–Kier alpha value is -3.44. The lowest BCUT2D eigenvalue weighted by atomic mass is 9.46. The zero-order chi connectivity index (χ0) is 33.1. The maximum atomic E-state index is 15.9. The molecule has 4 fully saturated rings. The zero-order valence-electron chi connectivity index (χ0n) is 26.4. The van der Waals surface area contributed by atoms with Gasteiger partial charge in [-0.3, -0.25) is 9.59 Å². The van der Waals surface area contributed by atoms with Crippen molar-refractivity contribution in [3.63, 3.8) is 0 Å². The summed E-state index contributed by atoms with van der Waals surface area (Å²) in [5.41, 5.74) is 4.98. The van der Waals surface area contributed by atoms with Gasteiger partial charge in [0.1, 0.15) is 12.4 Å². The third-order valence-corrected chi connectivity index (χ3v) is 12.6. The molecule has 0 bridgehead atoms. The first kappa shape index (κ1) is 30.9.